The van der Waals surface area contributed by atoms with Crippen LogP contribution in [-0.2, 0) is 14.3 Å². The molecule has 0 saturated carbocycles. The van der Waals surface area contributed by atoms with Gasteiger partial charge in [0.2, 0.25) is 17.6 Å². The predicted molar refractivity (Wildman–Crippen MR) is 93.3 cm³/mol. The smallest absolute Gasteiger partial charge is 0.240 e. The molecule has 26 heavy (non-hydrogen) atoms. The number of carbonyl (C=O) groups is 2. The van der Waals surface area contributed by atoms with Crippen molar-refractivity contribution < 1.29 is 28.9 Å². The summed E-state index contributed by atoms with van der Waals surface area (Å²) in [6, 6.07) is 6.46. The summed E-state index contributed by atoms with van der Waals surface area (Å²) in [7, 11) is 0. The van der Waals surface area contributed by atoms with Gasteiger partial charge in [-0.25, -0.2) is 9.29 Å². The largest absolute Gasteiger partial charge is 0.361 e. The Balaban J connectivity index is 1.83. The fraction of sp³-hybridized carbons (Fsp3) is 0.471. The first-order chi connectivity index (χ1) is 12.0. The number of carbonyl (C=O) groups excluding carboxylic acids is 2. The molecule has 1 aromatic rings. The predicted octanol–water partition coefficient (Wildman–Crippen LogP) is 0.849. The Kier molecular flexibility index (Phi) is 3.43. The Morgan fingerprint density at radius 2 is 1.88 bits per heavy atom. The van der Waals surface area contributed by atoms with Crippen molar-refractivity contribution >= 4 is 40.1 Å². The van der Waals surface area contributed by atoms with Gasteiger partial charge in [0.05, 0.1) is 23.1 Å². The first-order valence-electron chi connectivity index (χ1n) is 7.87. The molecule has 3 heterocycles. The molecule has 0 radical (unpaired) electrons. The first kappa shape index (κ1) is 17.8. The molecule has 2 bridgehead atoms. The average molecular weight is 472 g/mol. The lowest BCUT2D eigenvalue weighted by atomic mass is 9.65. The highest BCUT2D eigenvalue weighted by atomic mass is 127. The summed E-state index contributed by atoms with van der Waals surface area (Å²) in [4.78, 5) is 26.9. The molecule has 0 spiro atoms. The van der Waals surface area contributed by atoms with Gasteiger partial charge in [0.15, 0.2) is 6.17 Å². The number of hydrogen-bond acceptors (Lipinski definition) is 6. The second-order valence-corrected chi connectivity index (χ2v) is 8.39. The van der Waals surface area contributed by atoms with E-state index in [-0.39, 0.29) is 5.69 Å². The maximum atomic E-state index is 14.7. The van der Waals surface area contributed by atoms with Gasteiger partial charge in [-0.15, -0.1) is 0 Å². The molecule has 3 fully saturated rings. The third-order valence-electron chi connectivity index (χ3n) is 5.87. The van der Waals surface area contributed by atoms with Crippen molar-refractivity contribution in [3.63, 3.8) is 0 Å². The molecule has 2 amide bonds. The van der Waals surface area contributed by atoms with Crippen molar-refractivity contribution in [3.05, 3.63) is 27.3 Å². The van der Waals surface area contributed by atoms with Gasteiger partial charge in [0.1, 0.15) is 17.3 Å². The Morgan fingerprint density at radius 1 is 1.27 bits per heavy atom. The van der Waals surface area contributed by atoms with Gasteiger partial charge >= 0.3 is 0 Å². The number of hydrogen-bond donors (Lipinski definition) is 2. The number of halogens is 2. The summed E-state index contributed by atoms with van der Waals surface area (Å²) in [6.45, 7) is 2.53. The van der Waals surface area contributed by atoms with Crippen LogP contribution in [0.3, 0.4) is 0 Å². The minimum absolute atomic E-state index is 0.251. The van der Waals surface area contributed by atoms with Gasteiger partial charge < -0.3 is 14.9 Å². The minimum atomic E-state index is -2.88. The maximum absolute atomic E-state index is 14.7. The second-order valence-electron chi connectivity index (χ2n) is 7.22. The number of nitrogens with zero attached hydrogens (tertiary/aromatic N) is 2. The van der Waals surface area contributed by atoms with E-state index in [1.54, 1.807) is 0 Å². The van der Waals surface area contributed by atoms with Gasteiger partial charge in [-0.3, -0.25) is 9.59 Å². The molecule has 3 saturated heterocycles. The lowest BCUT2D eigenvalue weighted by molar-refractivity contribution is -0.266. The van der Waals surface area contributed by atoms with Gasteiger partial charge in [-0.05, 0) is 54.6 Å². The number of aliphatic hydroxyl groups is 2. The number of imide groups is 1. The molecule has 5 atom stereocenters. The Morgan fingerprint density at radius 3 is 2.46 bits per heavy atom. The van der Waals surface area contributed by atoms with E-state index in [1.165, 1.54) is 32.0 Å². The van der Waals surface area contributed by atoms with Gasteiger partial charge in [-0.2, -0.15) is 5.26 Å². The molecular weight excluding hydrogens is 458 g/mol. The molecule has 9 heteroatoms. The van der Waals surface area contributed by atoms with Crippen LogP contribution in [0.4, 0.5) is 10.1 Å². The van der Waals surface area contributed by atoms with E-state index in [4.69, 9.17) is 10.00 Å². The van der Waals surface area contributed by atoms with Crippen LogP contribution in [0.1, 0.15) is 19.4 Å². The maximum Gasteiger partial charge on any atom is 0.240 e. The zero-order valence-corrected chi connectivity index (χ0v) is 15.9. The molecule has 7 nitrogen and oxygen atoms in total. The van der Waals surface area contributed by atoms with Gasteiger partial charge in [0.25, 0.3) is 0 Å². The molecule has 3 aliphatic heterocycles. The number of ether oxygens (including phenoxy) is 1. The Labute approximate surface area is 161 Å². The van der Waals surface area contributed by atoms with Gasteiger partial charge in [0, 0.05) is 3.57 Å². The zero-order valence-electron chi connectivity index (χ0n) is 13.7. The van der Waals surface area contributed by atoms with Crippen LogP contribution in [0.5, 0.6) is 0 Å². The highest BCUT2D eigenvalue weighted by Gasteiger charge is 2.85. The third kappa shape index (κ3) is 1.76. The zero-order chi connectivity index (χ0) is 19.2. The number of anilines is 1. The molecule has 136 valence electrons. The second kappa shape index (κ2) is 5.01. The van der Waals surface area contributed by atoms with E-state index in [2.05, 4.69) is 0 Å². The Bertz CT molecular complexity index is 915. The molecule has 1 aromatic carbocycles. The topological polar surface area (TPSA) is 111 Å². The van der Waals surface area contributed by atoms with E-state index >= 15 is 0 Å². The van der Waals surface area contributed by atoms with Crippen molar-refractivity contribution in [2.45, 2.75) is 37.0 Å². The van der Waals surface area contributed by atoms with Crippen LogP contribution in [-0.4, -0.2) is 45.2 Å². The minimum Gasteiger partial charge on any atom is -0.361 e. The summed E-state index contributed by atoms with van der Waals surface area (Å²) in [5.74, 6) is -6.57. The standard InChI is InChI=1S/C17H14FIN2O5/c1-15-10-11(16(2,26-15)17(24,25)14(15)18)13(23)21(12(10)22)8-4-3-7(6-20)9(19)5-8/h3-5,10-11,14,24-25H,1-2H3/t10?,11-,14-,15+,16+/m1/s1. The summed E-state index contributed by atoms with van der Waals surface area (Å²) in [6.07, 6.45) is -2.24. The summed E-state index contributed by atoms with van der Waals surface area (Å²) in [5.41, 5.74) is -3.11. The number of nitriles is 1. The van der Waals surface area contributed by atoms with Crippen molar-refractivity contribution in [2.75, 3.05) is 4.90 Å². The van der Waals surface area contributed by atoms with Crippen molar-refractivity contribution in [1.29, 1.82) is 5.26 Å². The summed E-state index contributed by atoms with van der Waals surface area (Å²) >= 11 is 1.92. The molecule has 3 aliphatic rings. The first-order valence-corrected chi connectivity index (χ1v) is 8.95. The third-order valence-corrected chi connectivity index (χ3v) is 6.76. The van der Waals surface area contributed by atoms with E-state index in [0.29, 0.717) is 9.13 Å². The molecule has 0 aliphatic carbocycles. The Hall–Kier alpha value is -1.61. The van der Waals surface area contributed by atoms with Crippen LogP contribution in [0.2, 0.25) is 0 Å². The number of rotatable bonds is 1. The van der Waals surface area contributed by atoms with Crippen molar-refractivity contribution in [3.8, 4) is 6.07 Å². The fourth-order valence-corrected chi connectivity index (χ4v) is 5.16. The number of benzene rings is 1. The molecular formula is C17H14FIN2O5. The SMILES string of the molecule is C[C@]12O[C@@](C)([C@H]3C(=O)N(c4ccc(C#N)c(I)c4)C(=O)C31)C(O)(O)[C@@H]2F. The summed E-state index contributed by atoms with van der Waals surface area (Å²) < 4.78 is 20.8. The number of amides is 2. The number of alkyl halides is 1. The highest BCUT2D eigenvalue weighted by Crippen LogP contribution is 2.64. The van der Waals surface area contributed by atoms with E-state index < -0.39 is 46.8 Å². The molecule has 4 rings (SSSR count). The van der Waals surface area contributed by atoms with Crippen LogP contribution >= 0.6 is 22.6 Å². The van der Waals surface area contributed by atoms with Crippen LogP contribution in [0.25, 0.3) is 0 Å². The number of fused-ring (bicyclic) bond motifs is 5. The monoisotopic (exact) mass is 472 g/mol. The highest BCUT2D eigenvalue weighted by molar-refractivity contribution is 14.1. The summed E-state index contributed by atoms with van der Waals surface area (Å²) in [5, 5.41) is 29.5. The average Bonchev–Trinajstić information content (AvgIpc) is 3.04. The fourth-order valence-electron chi connectivity index (χ4n) is 4.54. The molecule has 2 N–H and O–H groups in total. The molecule has 0 aromatic heterocycles. The quantitative estimate of drug-likeness (QED) is 0.356. The van der Waals surface area contributed by atoms with E-state index in [0.717, 1.165) is 4.90 Å². The van der Waals surface area contributed by atoms with E-state index in [9.17, 15) is 24.2 Å². The normalized spacial score (nSPS) is 40.0. The van der Waals surface area contributed by atoms with Crippen LogP contribution in [0.15, 0.2) is 18.2 Å². The molecule has 1 unspecified atom stereocenters. The lowest BCUT2D eigenvalue weighted by Gasteiger charge is -2.40. The van der Waals surface area contributed by atoms with Crippen LogP contribution < -0.4 is 4.90 Å². The van der Waals surface area contributed by atoms with Gasteiger partial charge in [-0.1, -0.05) is 0 Å². The lowest BCUT2D eigenvalue weighted by Crippen LogP contribution is -2.64. The van der Waals surface area contributed by atoms with Crippen LogP contribution in [0, 0.1) is 26.7 Å². The van der Waals surface area contributed by atoms with E-state index in [1.807, 2.05) is 28.7 Å². The van der Waals surface area contributed by atoms with Crippen molar-refractivity contribution in [1.82, 2.24) is 0 Å². The van der Waals surface area contributed by atoms with Crippen molar-refractivity contribution in [2.24, 2.45) is 11.8 Å².